The zero-order valence-corrected chi connectivity index (χ0v) is 9.50. The average Bonchev–Trinajstić information content (AvgIpc) is 2.99. The number of aromatic nitrogens is 2. The fourth-order valence-corrected chi connectivity index (χ4v) is 1.87. The lowest BCUT2D eigenvalue weighted by Gasteiger charge is -2.01. The first kappa shape index (κ1) is 11.3. The molecule has 1 saturated carbocycles. The van der Waals surface area contributed by atoms with Gasteiger partial charge in [-0.05, 0) is 12.8 Å². The predicted octanol–water partition coefficient (Wildman–Crippen LogP) is 0.929. The molecule has 1 aliphatic rings. The van der Waals surface area contributed by atoms with Gasteiger partial charge in [0, 0.05) is 24.0 Å². The Labute approximate surface area is 96.8 Å². The first-order valence-corrected chi connectivity index (χ1v) is 5.90. The maximum atomic E-state index is 10.2. The molecule has 1 aliphatic carbocycles. The van der Waals surface area contributed by atoms with Crippen molar-refractivity contribution in [3.05, 3.63) is 5.82 Å². The van der Waals surface area contributed by atoms with E-state index in [4.69, 9.17) is 9.84 Å². The van der Waals surface area contributed by atoms with Gasteiger partial charge in [-0.3, -0.25) is 0 Å². The standard InChI is InChI=1S/C9H13N3O3S/c13-7(14)5-15-4-3-10-9-11-8(12-16-9)6-1-2-6/h6H,1-5H2,(H,13,14)(H,10,11,12). The number of carbonyl (C=O) groups is 1. The van der Waals surface area contributed by atoms with Crippen LogP contribution in [0.5, 0.6) is 0 Å². The molecular weight excluding hydrogens is 230 g/mol. The van der Waals surface area contributed by atoms with Crippen LogP contribution < -0.4 is 5.32 Å². The van der Waals surface area contributed by atoms with Gasteiger partial charge in [0.05, 0.1) is 6.61 Å². The number of nitrogens with one attached hydrogen (secondary N) is 1. The number of aliphatic carboxylic acids is 1. The molecule has 16 heavy (non-hydrogen) atoms. The molecule has 0 amide bonds. The summed E-state index contributed by atoms with van der Waals surface area (Å²) in [7, 11) is 0. The predicted molar refractivity (Wildman–Crippen MR) is 58.8 cm³/mol. The van der Waals surface area contributed by atoms with Crippen LogP contribution in [0.3, 0.4) is 0 Å². The molecule has 0 unspecified atom stereocenters. The second-order valence-corrected chi connectivity index (χ2v) is 4.36. The van der Waals surface area contributed by atoms with Gasteiger partial charge < -0.3 is 15.2 Å². The van der Waals surface area contributed by atoms with Crippen LogP contribution in [0.4, 0.5) is 5.13 Å². The van der Waals surface area contributed by atoms with Crippen molar-refractivity contribution in [2.24, 2.45) is 0 Å². The number of hydrogen-bond acceptors (Lipinski definition) is 6. The van der Waals surface area contributed by atoms with E-state index in [9.17, 15) is 4.79 Å². The molecule has 1 heterocycles. The molecular formula is C9H13N3O3S. The summed E-state index contributed by atoms with van der Waals surface area (Å²) in [4.78, 5) is 14.5. The topological polar surface area (TPSA) is 84.3 Å². The molecule has 0 aliphatic heterocycles. The summed E-state index contributed by atoms with van der Waals surface area (Å²) in [5.74, 6) is 0.543. The molecule has 0 saturated heterocycles. The van der Waals surface area contributed by atoms with Crippen molar-refractivity contribution >= 4 is 22.6 Å². The zero-order chi connectivity index (χ0) is 11.4. The van der Waals surface area contributed by atoms with Gasteiger partial charge in [-0.25, -0.2) is 9.78 Å². The number of hydrogen-bond donors (Lipinski definition) is 2. The van der Waals surface area contributed by atoms with Crippen molar-refractivity contribution in [3.8, 4) is 0 Å². The highest BCUT2D eigenvalue weighted by Crippen LogP contribution is 2.39. The van der Waals surface area contributed by atoms with Gasteiger partial charge in [0.1, 0.15) is 12.4 Å². The third-order valence-corrected chi connectivity index (χ3v) is 2.82. The summed E-state index contributed by atoms with van der Waals surface area (Å²) in [6, 6.07) is 0. The second-order valence-electron chi connectivity index (χ2n) is 3.61. The highest BCUT2D eigenvalue weighted by atomic mass is 32.1. The number of nitrogens with zero attached hydrogens (tertiary/aromatic N) is 2. The summed E-state index contributed by atoms with van der Waals surface area (Å²) >= 11 is 1.34. The smallest absolute Gasteiger partial charge is 0.329 e. The Kier molecular flexibility index (Phi) is 3.68. The van der Waals surface area contributed by atoms with Crippen LogP contribution in [0.25, 0.3) is 0 Å². The Balaban J connectivity index is 1.63. The minimum atomic E-state index is -0.952. The molecule has 0 bridgehead atoms. The highest BCUT2D eigenvalue weighted by Gasteiger charge is 2.27. The van der Waals surface area contributed by atoms with E-state index in [2.05, 4.69) is 14.7 Å². The molecule has 2 rings (SSSR count). The van der Waals surface area contributed by atoms with Crippen molar-refractivity contribution in [1.29, 1.82) is 0 Å². The lowest BCUT2D eigenvalue weighted by molar-refractivity contribution is -0.142. The zero-order valence-electron chi connectivity index (χ0n) is 8.68. The summed E-state index contributed by atoms with van der Waals surface area (Å²) in [5.41, 5.74) is 0. The van der Waals surface area contributed by atoms with Gasteiger partial charge in [0.15, 0.2) is 0 Å². The molecule has 0 atom stereocenters. The first-order valence-electron chi connectivity index (χ1n) is 5.12. The van der Waals surface area contributed by atoms with Crippen molar-refractivity contribution in [1.82, 2.24) is 9.36 Å². The Morgan fingerprint density at radius 3 is 3.12 bits per heavy atom. The van der Waals surface area contributed by atoms with Gasteiger partial charge in [0.25, 0.3) is 0 Å². The van der Waals surface area contributed by atoms with Gasteiger partial charge in [-0.1, -0.05) is 0 Å². The van der Waals surface area contributed by atoms with E-state index in [0.717, 1.165) is 11.0 Å². The largest absolute Gasteiger partial charge is 0.480 e. The monoisotopic (exact) mass is 243 g/mol. The molecule has 1 aromatic heterocycles. The maximum absolute atomic E-state index is 10.2. The van der Waals surface area contributed by atoms with Crippen LogP contribution in [0, 0.1) is 0 Å². The number of carboxylic acids is 1. The summed E-state index contributed by atoms with van der Waals surface area (Å²) in [5, 5.41) is 12.2. The molecule has 6 nitrogen and oxygen atoms in total. The molecule has 0 spiro atoms. The Bertz CT molecular complexity index is 365. The van der Waals surface area contributed by atoms with Gasteiger partial charge in [-0.15, -0.1) is 0 Å². The number of rotatable bonds is 7. The van der Waals surface area contributed by atoms with E-state index in [0.29, 0.717) is 19.1 Å². The molecule has 88 valence electrons. The molecule has 1 aromatic rings. The second kappa shape index (κ2) is 5.22. The molecule has 0 radical (unpaired) electrons. The van der Waals surface area contributed by atoms with Crippen molar-refractivity contribution in [3.63, 3.8) is 0 Å². The van der Waals surface area contributed by atoms with Crippen molar-refractivity contribution < 1.29 is 14.6 Å². The van der Waals surface area contributed by atoms with Crippen LogP contribution in [0.15, 0.2) is 0 Å². The Morgan fingerprint density at radius 2 is 2.44 bits per heavy atom. The quantitative estimate of drug-likeness (QED) is 0.693. The number of ether oxygens (including phenoxy) is 1. The fourth-order valence-electron chi connectivity index (χ4n) is 1.20. The van der Waals surface area contributed by atoms with E-state index in [1.165, 1.54) is 24.4 Å². The third-order valence-electron chi connectivity index (χ3n) is 2.13. The highest BCUT2D eigenvalue weighted by molar-refractivity contribution is 7.09. The number of carboxylic acid groups (broad SMARTS) is 1. The van der Waals surface area contributed by atoms with E-state index in [1.54, 1.807) is 0 Å². The van der Waals surface area contributed by atoms with Gasteiger partial charge in [-0.2, -0.15) is 4.37 Å². The van der Waals surface area contributed by atoms with Crippen LogP contribution in [0.1, 0.15) is 24.6 Å². The summed E-state index contributed by atoms with van der Waals surface area (Å²) in [6.45, 7) is 0.641. The van der Waals surface area contributed by atoms with Crippen molar-refractivity contribution in [2.75, 3.05) is 25.1 Å². The normalized spacial score (nSPS) is 15.0. The van der Waals surface area contributed by atoms with Gasteiger partial charge in [0.2, 0.25) is 5.13 Å². The first-order chi connectivity index (χ1) is 7.75. The van der Waals surface area contributed by atoms with E-state index >= 15 is 0 Å². The van der Waals surface area contributed by atoms with Crippen LogP contribution in [-0.2, 0) is 9.53 Å². The third kappa shape index (κ3) is 3.42. The van der Waals surface area contributed by atoms with E-state index in [1.807, 2.05) is 0 Å². The lowest BCUT2D eigenvalue weighted by Crippen LogP contribution is -2.13. The Morgan fingerprint density at radius 1 is 1.62 bits per heavy atom. The minimum absolute atomic E-state index is 0.259. The Hall–Kier alpha value is -1.21. The number of anilines is 1. The SMILES string of the molecule is O=C(O)COCCNc1nc(C2CC2)ns1. The lowest BCUT2D eigenvalue weighted by atomic mass is 10.4. The molecule has 1 fully saturated rings. The minimum Gasteiger partial charge on any atom is -0.480 e. The maximum Gasteiger partial charge on any atom is 0.329 e. The van der Waals surface area contributed by atoms with Crippen LogP contribution >= 0.6 is 11.5 Å². The van der Waals surface area contributed by atoms with Crippen LogP contribution in [0.2, 0.25) is 0 Å². The molecule has 7 heteroatoms. The van der Waals surface area contributed by atoms with E-state index in [-0.39, 0.29) is 6.61 Å². The van der Waals surface area contributed by atoms with E-state index < -0.39 is 5.97 Å². The summed E-state index contributed by atoms with van der Waals surface area (Å²) < 4.78 is 9.12. The fraction of sp³-hybridized carbons (Fsp3) is 0.667. The summed E-state index contributed by atoms with van der Waals surface area (Å²) in [6.07, 6.45) is 2.38. The van der Waals surface area contributed by atoms with Gasteiger partial charge >= 0.3 is 5.97 Å². The van der Waals surface area contributed by atoms with Crippen LogP contribution in [-0.4, -0.2) is 40.2 Å². The molecule has 2 N–H and O–H groups in total. The average molecular weight is 243 g/mol. The molecule has 0 aromatic carbocycles. The van der Waals surface area contributed by atoms with Crippen molar-refractivity contribution in [2.45, 2.75) is 18.8 Å².